The minimum atomic E-state index is -5.75. The number of rotatable bonds is 0. The van der Waals surface area contributed by atoms with Crippen LogP contribution in [0.5, 0.6) is 0 Å². The molecule has 0 aromatic rings. The molecule has 0 heterocycles. The van der Waals surface area contributed by atoms with Gasteiger partial charge in [0.05, 0.1) is 0 Å². The van der Waals surface area contributed by atoms with Gasteiger partial charge in [-0.2, -0.15) is 0 Å². The summed E-state index contributed by atoms with van der Waals surface area (Å²) in [4.78, 5) is 0. The van der Waals surface area contributed by atoms with E-state index < -0.39 is 40.1 Å². The fourth-order valence-corrected chi connectivity index (χ4v) is 0. The normalized spacial score (nSPS) is 10.2. The summed E-state index contributed by atoms with van der Waals surface area (Å²) in [5.41, 5.74) is 0. The maximum absolute atomic E-state index is 8.59. The van der Waals surface area contributed by atoms with Crippen molar-refractivity contribution in [2.24, 2.45) is 0 Å². The van der Waals surface area contributed by atoms with Crippen LogP contribution in [0.15, 0.2) is 0 Å². The van der Waals surface area contributed by atoms with Crippen molar-refractivity contribution >= 4 is 40.1 Å². The van der Waals surface area contributed by atoms with E-state index in [1.807, 2.05) is 0 Å². The molecule has 0 rings (SSSR count). The summed E-state index contributed by atoms with van der Waals surface area (Å²) >= 11 is -17.2. The van der Waals surface area contributed by atoms with Crippen LogP contribution in [-0.2, 0) is 67.8 Å². The monoisotopic (exact) mass is 645 g/mol. The van der Waals surface area contributed by atoms with E-state index in [2.05, 4.69) is 0 Å². The molecule has 0 saturated carbocycles. The summed E-state index contributed by atoms with van der Waals surface area (Å²) < 4.78 is 103. The van der Waals surface area contributed by atoms with Gasteiger partial charge in [-0.1, -0.05) is 0 Å². The molecule has 0 radical (unpaired) electrons. The molecule has 0 fully saturated rings. The molecule has 0 atom stereocenters. The van der Waals surface area contributed by atoms with E-state index in [4.69, 9.17) is 48.1 Å². The second-order valence-corrected chi connectivity index (χ2v) is 6.36. The summed E-state index contributed by atoms with van der Waals surface area (Å²) in [6.45, 7) is 0. The van der Waals surface area contributed by atoms with Crippen LogP contribution < -0.4 is 25.1 Å². The van der Waals surface area contributed by atoms with Gasteiger partial charge in [-0.3, -0.25) is 0 Å². The van der Waals surface area contributed by atoms with Crippen LogP contribution >= 0.6 is 0 Å². The first-order chi connectivity index (χ1) is 6.00. The Labute approximate surface area is 132 Å². The van der Waals surface area contributed by atoms with Gasteiger partial charge in [0.1, 0.15) is 0 Å². The van der Waals surface area contributed by atoms with Gasteiger partial charge in [0.15, 0.2) is 0 Å². The number of hydrogen-bond donors (Lipinski definition) is 0. The third kappa shape index (κ3) is 1670. The Morgan fingerprint density at radius 2 is 0.412 bits per heavy atom. The zero-order valence-electron chi connectivity index (χ0n) is 6.73. The van der Waals surface area contributed by atoms with Gasteiger partial charge in [-0.15, -0.1) is 0 Å². The minimum absolute atomic E-state index is 0. The molecule has 17 heavy (non-hydrogen) atoms. The molecule has 17 heteroatoms. The molecule has 0 amide bonds. The van der Waals surface area contributed by atoms with Crippen LogP contribution in [0.3, 0.4) is 0 Å². The van der Waals surface area contributed by atoms with E-state index in [1.165, 1.54) is 0 Å². The predicted molar refractivity (Wildman–Crippen MR) is 21.4 cm³/mol. The van der Waals surface area contributed by atoms with Crippen molar-refractivity contribution in [3.63, 3.8) is 0 Å². The standard InChI is InChI=1S/2Ag.3H2O4Se/c;;3*1-5(2,3)4/h;;3*(H2,1,2,3,4)/q2*+3;;;/p-6. The fourth-order valence-electron chi connectivity index (χ4n) is 0. The van der Waals surface area contributed by atoms with E-state index in [-0.39, 0.29) is 44.8 Å². The molecule has 0 saturated heterocycles. The molecule has 0 aliphatic rings. The zero-order valence-corrected chi connectivity index (χ0v) is 14.8. The Morgan fingerprint density at radius 3 is 0.412 bits per heavy atom. The van der Waals surface area contributed by atoms with Gasteiger partial charge < -0.3 is 0 Å². The molecule has 0 aliphatic carbocycles. The third-order valence-electron chi connectivity index (χ3n) is 0. The van der Waals surface area contributed by atoms with Crippen molar-refractivity contribution < 1.29 is 92.9 Å². The minimum Gasteiger partial charge on any atom is 3.00 e. The van der Waals surface area contributed by atoms with Gasteiger partial charge in [-0.25, -0.2) is 0 Å². The molecule has 0 aromatic carbocycles. The van der Waals surface area contributed by atoms with Crippen LogP contribution in [0.2, 0.25) is 0 Å². The van der Waals surface area contributed by atoms with Gasteiger partial charge in [0.25, 0.3) is 0 Å². The van der Waals surface area contributed by atoms with Crippen molar-refractivity contribution in [2.45, 2.75) is 0 Å². The summed E-state index contributed by atoms with van der Waals surface area (Å²) in [6, 6.07) is 0. The molecule has 0 aliphatic heterocycles. The van der Waals surface area contributed by atoms with E-state index in [0.717, 1.165) is 0 Å². The Morgan fingerprint density at radius 1 is 0.412 bits per heavy atom. The first-order valence-corrected chi connectivity index (χ1v) is 10.4. The molecule has 0 aromatic heterocycles. The van der Waals surface area contributed by atoms with E-state index in [0.29, 0.717) is 0 Å². The van der Waals surface area contributed by atoms with E-state index >= 15 is 0 Å². The van der Waals surface area contributed by atoms with Gasteiger partial charge in [-0.05, 0) is 0 Å². The second kappa shape index (κ2) is 12.6. The quantitative estimate of drug-likeness (QED) is 0.223. The van der Waals surface area contributed by atoms with Gasteiger partial charge in [0, 0.05) is 0 Å². The topological polar surface area (TPSA) is 241 Å². The molecule has 0 bridgehead atoms. The molecule has 12 nitrogen and oxygen atoms in total. The largest absolute Gasteiger partial charge is 3.00 e. The SMILES string of the molecule is O=[Se](=O)([O-])[O-].O=[Se](=O)([O-])[O-].O=[Se](=O)([O-])[O-].[Ag+3].[Ag+3]. The zero-order chi connectivity index (χ0) is 13.5. The van der Waals surface area contributed by atoms with Crippen molar-refractivity contribution in [2.75, 3.05) is 0 Å². The van der Waals surface area contributed by atoms with Crippen LogP contribution in [0.4, 0.5) is 0 Å². The molecule has 0 N–H and O–H groups in total. The maximum Gasteiger partial charge on any atom is 3.00 e. The van der Waals surface area contributed by atoms with Gasteiger partial charge >= 0.3 is 133 Å². The first-order valence-electron chi connectivity index (χ1n) is 2.00. The van der Waals surface area contributed by atoms with Gasteiger partial charge in [0.2, 0.25) is 0 Å². The summed E-state index contributed by atoms with van der Waals surface area (Å²) in [7, 11) is 0. The second-order valence-electron chi connectivity index (χ2n) is 1.22. The summed E-state index contributed by atoms with van der Waals surface area (Å²) in [5, 5.41) is 0. The van der Waals surface area contributed by atoms with Crippen molar-refractivity contribution in [1.29, 1.82) is 0 Å². The third-order valence-corrected chi connectivity index (χ3v) is 0. The Balaban J connectivity index is -0.0000000400. The van der Waals surface area contributed by atoms with Crippen LogP contribution in [0.1, 0.15) is 0 Å². The average Bonchev–Trinajstić information content (AvgIpc) is 1.41. The maximum atomic E-state index is 8.59. The summed E-state index contributed by atoms with van der Waals surface area (Å²) in [5.74, 6) is 0. The molecule has 0 unspecified atom stereocenters. The number of hydrogen-bond acceptors (Lipinski definition) is 12. The Hall–Kier alpha value is 1.60. The average molecular weight is 645 g/mol. The van der Waals surface area contributed by atoms with Crippen LogP contribution in [0.25, 0.3) is 0 Å². The molecule has 112 valence electrons. The predicted octanol–water partition coefficient (Wildman–Crippen LogP) is -8.99. The smallest absolute Gasteiger partial charge is 3.00 e. The van der Waals surface area contributed by atoms with E-state index in [9.17, 15) is 0 Å². The summed E-state index contributed by atoms with van der Waals surface area (Å²) in [6.07, 6.45) is 0. The first kappa shape index (κ1) is 31.1. The fraction of sp³-hybridized carbons (Fsp3) is 0. The molecular formula is Ag2O12Se3. The van der Waals surface area contributed by atoms with Crippen molar-refractivity contribution in [3.05, 3.63) is 0 Å². The van der Waals surface area contributed by atoms with Crippen LogP contribution in [0, 0.1) is 0 Å². The molecule has 0 spiro atoms. The Kier molecular flexibility index (Phi) is 23.1. The molecular weight excluding hydrogens is 645 g/mol. The van der Waals surface area contributed by atoms with E-state index in [1.54, 1.807) is 0 Å². The van der Waals surface area contributed by atoms with Crippen molar-refractivity contribution in [3.8, 4) is 0 Å². The van der Waals surface area contributed by atoms with Crippen molar-refractivity contribution in [1.82, 2.24) is 0 Å². The Bertz CT molecular complexity index is 341. The van der Waals surface area contributed by atoms with Crippen LogP contribution in [-0.4, -0.2) is 40.1 Å².